The fourth-order valence-corrected chi connectivity index (χ4v) is 1.79. The van der Waals surface area contributed by atoms with E-state index in [1.807, 2.05) is 0 Å². The molecular formula is C15H25NO. The van der Waals surface area contributed by atoms with E-state index in [0.717, 1.165) is 19.5 Å². The third-order valence-electron chi connectivity index (χ3n) is 3.29. The monoisotopic (exact) mass is 235 g/mol. The predicted molar refractivity (Wildman–Crippen MR) is 73.2 cm³/mol. The van der Waals surface area contributed by atoms with E-state index in [1.54, 1.807) is 0 Å². The second-order valence-corrected chi connectivity index (χ2v) is 5.13. The maximum absolute atomic E-state index is 9.20. The number of aliphatic hydroxyl groups excluding tert-OH is 1. The topological polar surface area (TPSA) is 32.3 Å². The summed E-state index contributed by atoms with van der Waals surface area (Å²) in [7, 11) is 0. The summed E-state index contributed by atoms with van der Waals surface area (Å²) in [4.78, 5) is 0. The SMILES string of the molecule is Cc1ccc(CCNCC(CO)C(C)C)cc1. The molecule has 1 aromatic carbocycles. The molecule has 0 aromatic heterocycles. The second-order valence-electron chi connectivity index (χ2n) is 5.13. The summed E-state index contributed by atoms with van der Waals surface area (Å²) in [5.74, 6) is 0.903. The van der Waals surface area contributed by atoms with Crippen molar-refractivity contribution in [3.63, 3.8) is 0 Å². The highest BCUT2D eigenvalue weighted by molar-refractivity contribution is 5.21. The van der Waals surface area contributed by atoms with E-state index in [0.29, 0.717) is 11.8 Å². The highest BCUT2D eigenvalue weighted by Gasteiger charge is 2.10. The van der Waals surface area contributed by atoms with E-state index in [-0.39, 0.29) is 6.61 Å². The average molecular weight is 235 g/mol. The van der Waals surface area contributed by atoms with Gasteiger partial charge in [-0.2, -0.15) is 0 Å². The summed E-state index contributed by atoms with van der Waals surface area (Å²) in [5.41, 5.74) is 2.68. The van der Waals surface area contributed by atoms with Gasteiger partial charge in [0, 0.05) is 13.2 Å². The normalized spacial score (nSPS) is 13.0. The number of rotatable bonds is 7. The zero-order chi connectivity index (χ0) is 12.7. The fourth-order valence-electron chi connectivity index (χ4n) is 1.79. The first kappa shape index (κ1) is 14.2. The van der Waals surface area contributed by atoms with Crippen LogP contribution in [0.5, 0.6) is 0 Å². The Kier molecular flexibility index (Phi) is 6.23. The smallest absolute Gasteiger partial charge is 0.0473 e. The van der Waals surface area contributed by atoms with Crippen molar-refractivity contribution < 1.29 is 5.11 Å². The highest BCUT2D eigenvalue weighted by atomic mass is 16.3. The first-order chi connectivity index (χ1) is 8.13. The quantitative estimate of drug-likeness (QED) is 0.711. The Morgan fingerprint density at radius 3 is 2.35 bits per heavy atom. The number of benzene rings is 1. The lowest BCUT2D eigenvalue weighted by Crippen LogP contribution is -2.30. The molecule has 0 amide bonds. The van der Waals surface area contributed by atoms with Crippen molar-refractivity contribution in [1.82, 2.24) is 5.32 Å². The van der Waals surface area contributed by atoms with E-state index in [4.69, 9.17) is 0 Å². The van der Waals surface area contributed by atoms with Crippen LogP contribution in [0.3, 0.4) is 0 Å². The number of hydrogen-bond acceptors (Lipinski definition) is 2. The molecular weight excluding hydrogens is 210 g/mol. The molecule has 0 bridgehead atoms. The molecule has 0 saturated heterocycles. The maximum Gasteiger partial charge on any atom is 0.0473 e. The number of hydrogen-bond donors (Lipinski definition) is 2. The van der Waals surface area contributed by atoms with Gasteiger partial charge in [-0.15, -0.1) is 0 Å². The molecule has 0 saturated carbocycles. The van der Waals surface area contributed by atoms with Crippen LogP contribution in [0.2, 0.25) is 0 Å². The molecule has 2 nitrogen and oxygen atoms in total. The van der Waals surface area contributed by atoms with E-state index < -0.39 is 0 Å². The minimum atomic E-state index is 0.273. The molecule has 1 aromatic rings. The van der Waals surface area contributed by atoms with Gasteiger partial charge >= 0.3 is 0 Å². The van der Waals surface area contributed by atoms with Crippen molar-refractivity contribution in [3.8, 4) is 0 Å². The molecule has 1 atom stereocenters. The Bertz CT molecular complexity index is 305. The van der Waals surface area contributed by atoms with Gasteiger partial charge in [0.15, 0.2) is 0 Å². The van der Waals surface area contributed by atoms with Gasteiger partial charge < -0.3 is 10.4 Å². The molecule has 2 N–H and O–H groups in total. The molecule has 0 aliphatic carbocycles. The lowest BCUT2D eigenvalue weighted by molar-refractivity contribution is 0.186. The van der Waals surface area contributed by atoms with Crippen molar-refractivity contribution in [2.75, 3.05) is 19.7 Å². The van der Waals surface area contributed by atoms with Crippen molar-refractivity contribution >= 4 is 0 Å². The summed E-state index contributed by atoms with van der Waals surface area (Å²) in [5, 5.41) is 12.6. The van der Waals surface area contributed by atoms with Crippen LogP contribution in [0.15, 0.2) is 24.3 Å². The Morgan fingerprint density at radius 1 is 1.18 bits per heavy atom. The lowest BCUT2D eigenvalue weighted by atomic mass is 9.97. The fraction of sp³-hybridized carbons (Fsp3) is 0.600. The van der Waals surface area contributed by atoms with Crippen molar-refractivity contribution in [3.05, 3.63) is 35.4 Å². The molecule has 0 spiro atoms. The van der Waals surface area contributed by atoms with Gasteiger partial charge in [0.2, 0.25) is 0 Å². The van der Waals surface area contributed by atoms with Crippen molar-refractivity contribution in [1.29, 1.82) is 0 Å². The summed E-state index contributed by atoms with van der Waals surface area (Å²) in [6.07, 6.45) is 1.05. The molecule has 1 unspecified atom stereocenters. The predicted octanol–water partition coefficient (Wildman–Crippen LogP) is 2.39. The summed E-state index contributed by atoms with van der Waals surface area (Å²) < 4.78 is 0. The van der Waals surface area contributed by atoms with Crippen LogP contribution in [-0.2, 0) is 6.42 Å². The zero-order valence-electron chi connectivity index (χ0n) is 11.2. The average Bonchev–Trinajstić information content (AvgIpc) is 2.31. The Balaban J connectivity index is 2.22. The third kappa shape index (κ3) is 5.33. The van der Waals surface area contributed by atoms with Gasteiger partial charge in [-0.25, -0.2) is 0 Å². The van der Waals surface area contributed by atoms with Crippen molar-refractivity contribution in [2.45, 2.75) is 27.2 Å². The summed E-state index contributed by atoms with van der Waals surface area (Å²) in [6.45, 7) is 8.57. The van der Waals surface area contributed by atoms with Gasteiger partial charge in [0.05, 0.1) is 0 Å². The molecule has 96 valence electrons. The van der Waals surface area contributed by atoms with E-state index in [1.165, 1.54) is 11.1 Å². The first-order valence-electron chi connectivity index (χ1n) is 6.50. The third-order valence-corrected chi connectivity index (χ3v) is 3.29. The van der Waals surface area contributed by atoms with Gasteiger partial charge in [-0.3, -0.25) is 0 Å². The molecule has 0 radical (unpaired) electrons. The Labute approximate surface area is 105 Å². The van der Waals surface area contributed by atoms with Gasteiger partial charge in [0.25, 0.3) is 0 Å². The number of nitrogens with one attached hydrogen (secondary N) is 1. The Morgan fingerprint density at radius 2 is 1.82 bits per heavy atom. The largest absolute Gasteiger partial charge is 0.396 e. The van der Waals surface area contributed by atoms with Crippen LogP contribution < -0.4 is 5.32 Å². The van der Waals surface area contributed by atoms with Crippen LogP contribution in [0.1, 0.15) is 25.0 Å². The van der Waals surface area contributed by atoms with E-state index >= 15 is 0 Å². The van der Waals surface area contributed by atoms with Gasteiger partial charge in [0.1, 0.15) is 0 Å². The first-order valence-corrected chi connectivity index (χ1v) is 6.50. The molecule has 1 rings (SSSR count). The standard InChI is InChI=1S/C15H25NO/c1-12(2)15(11-17)10-16-9-8-14-6-4-13(3)5-7-14/h4-7,12,15-17H,8-11H2,1-3H3. The van der Waals surface area contributed by atoms with Crippen LogP contribution in [0, 0.1) is 18.8 Å². The molecule has 0 aliphatic heterocycles. The minimum Gasteiger partial charge on any atom is -0.396 e. The van der Waals surface area contributed by atoms with Gasteiger partial charge in [-0.1, -0.05) is 43.7 Å². The molecule has 0 fully saturated rings. The summed E-state index contributed by atoms with van der Waals surface area (Å²) in [6, 6.07) is 8.67. The van der Waals surface area contributed by atoms with E-state index in [2.05, 4.69) is 50.4 Å². The molecule has 0 heterocycles. The number of aryl methyl sites for hydroxylation is 1. The highest BCUT2D eigenvalue weighted by Crippen LogP contribution is 2.08. The van der Waals surface area contributed by atoms with Crippen LogP contribution in [0.4, 0.5) is 0 Å². The molecule has 17 heavy (non-hydrogen) atoms. The molecule has 2 heteroatoms. The minimum absolute atomic E-state index is 0.273. The summed E-state index contributed by atoms with van der Waals surface area (Å²) >= 11 is 0. The Hall–Kier alpha value is -0.860. The van der Waals surface area contributed by atoms with Crippen LogP contribution in [0.25, 0.3) is 0 Å². The zero-order valence-corrected chi connectivity index (χ0v) is 11.2. The van der Waals surface area contributed by atoms with Crippen molar-refractivity contribution in [2.24, 2.45) is 11.8 Å². The second kappa shape index (κ2) is 7.46. The lowest BCUT2D eigenvalue weighted by Gasteiger charge is -2.18. The van der Waals surface area contributed by atoms with E-state index in [9.17, 15) is 5.11 Å². The maximum atomic E-state index is 9.20. The molecule has 0 aliphatic rings. The van der Waals surface area contributed by atoms with Crippen LogP contribution in [-0.4, -0.2) is 24.8 Å². The van der Waals surface area contributed by atoms with Crippen LogP contribution >= 0.6 is 0 Å². The van der Waals surface area contributed by atoms with Gasteiger partial charge in [-0.05, 0) is 37.3 Å². The number of aliphatic hydroxyl groups is 1.